The zero-order valence-corrected chi connectivity index (χ0v) is 11.2. The van der Waals surface area contributed by atoms with Crippen molar-refractivity contribution in [1.82, 2.24) is 14.7 Å². The minimum absolute atomic E-state index is 0.252. The highest BCUT2D eigenvalue weighted by molar-refractivity contribution is 5.01. The Balaban J connectivity index is 2.75. The van der Waals surface area contributed by atoms with Crippen LogP contribution < -0.4 is 0 Å². The molecule has 0 aromatic carbocycles. The summed E-state index contributed by atoms with van der Waals surface area (Å²) in [4.78, 5) is 2.20. The SMILES string of the molecule is C/C(=C\N(C)C(C)n1ccc(C)n1)C(C)C. The first-order valence-corrected chi connectivity index (χ1v) is 5.84. The van der Waals surface area contributed by atoms with Gasteiger partial charge in [0.25, 0.3) is 0 Å². The van der Waals surface area contributed by atoms with Crippen molar-refractivity contribution >= 4 is 0 Å². The third-order valence-corrected chi connectivity index (χ3v) is 3.03. The summed E-state index contributed by atoms with van der Waals surface area (Å²) < 4.78 is 1.99. The lowest BCUT2D eigenvalue weighted by Gasteiger charge is -2.25. The van der Waals surface area contributed by atoms with Gasteiger partial charge in [0.1, 0.15) is 6.17 Å². The van der Waals surface area contributed by atoms with Crippen molar-refractivity contribution < 1.29 is 0 Å². The van der Waals surface area contributed by atoms with E-state index in [1.807, 2.05) is 23.9 Å². The fraction of sp³-hybridized carbons (Fsp3) is 0.615. The van der Waals surface area contributed by atoms with Crippen LogP contribution in [0.4, 0.5) is 0 Å². The minimum Gasteiger partial charge on any atom is -0.359 e. The second kappa shape index (κ2) is 5.19. The van der Waals surface area contributed by atoms with E-state index < -0.39 is 0 Å². The number of rotatable bonds is 4. The molecule has 1 aromatic rings. The molecule has 0 saturated heterocycles. The molecule has 0 N–H and O–H groups in total. The van der Waals surface area contributed by atoms with Crippen LogP contribution in [0.2, 0.25) is 0 Å². The Morgan fingerprint density at radius 1 is 1.44 bits per heavy atom. The molecule has 0 fully saturated rings. The maximum Gasteiger partial charge on any atom is 0.119 e. The van der Waals surface area contributed by atoms with Crippen LogP contribution in [0, 0.1) is 12.8 Å². The van der Waals surface area contributed by atoms with Crippen molar-refractivity contribution in [2.45, 2.75) is 40.8 Å². The molecule has 16 heavy (non-hydrogen) atoms. The maximum absolute atomic E-state index is 4.43. The van der Waals surface area contributed by atoms with E-state index in [0.29, 0.717) is 5.92 Å². The van der Waals surface area contributed by atoms with Gasteiger partial charge >= 0.3 is 0 Å². The normalized spacial score (nSPS) is 14.3. The lowest BCUT2D eigenvalue weighted by atomic mass is 10.1. The van der Waals surface area contributed by atoms with E-state index in [0.717, 1.165) is 5.69 Å². The molecule has 1 heterocycles. The smallest absolute Gasteiger partial charge is 0.119 e. The van der Waals surface area contributed by atoms with Gasteiger partial charge in [0.05, 0.1) is 5.69 Å². The Bertz CT molecular complexity index is 363. The highest BCUT2D eigenvalue weighted by atomic mass is 15.4. The third-order valence-electron chi connectivity index (χ3n) is 3.03. The summed E-state index contributed by atoms with van der Waals surface area (Å²) in [5.74, 6) is 0.592. The number of allylic oxidation sites excluding steroid dienone is 1. The van der Waals surface area contributed by atoms with E-state index in [-0.39, 0.29) is 6.17 Å². The molecule has 0 spiro atoms. The first-order valence-electron chi connectivity index (χ1n) is 5.84. The number of aromatic nitrogens is 2. The molecule has 0 aliphatic heterocycles. The van der Waals surface area contributed by atoms with E-state index in [1.165, 1.54) is 5.57 Å². The average molecular weight is 221 g/mol. The number of nitrogens with zero attached hydrogens (tertiary/aromatic N) is 3. The zero-order valence-electron chi connectivity index (χ0n) is 11.2. The minimum atomic E-state index is 0.252. The van der Waals surface area contributed by atoms with Crippen molar-refractivity contribution in [1.29, 1.82) is 0 Å². The van der Waals surface area contributed by atoms with Crippen molar-refractivity contribution in [2.24, 2.45) is 5.92 Å². The quantitative estimate of drug-likeness (QED) is 0.778. The van der Waals surface area contributed by atoms with Crippen LogP contribution in [0.5, 0.6) is 0 Å². The first-order chi connectivity index (χ1) is 7.41. The van der Waals surface area contributed by atoms with Gasteiger partial charge in [-0.3, -0.25) is 0 Å². The van der Waals surface area contributed by atoms with Gasteiger partial charge in [-0.2, -0.15) is 5.10 Å². The fourth-order valence-electron chi connectivity index (χ4n) is 1.41. The van der Waals surface area contributed by atoms with Gasteiger partial charge in [0, 0.05) is 13.2 Å². The van der Waals surface area contributed by atoms with Crippen LogP contribution in [0.25, 0.3) is 0 Å². The Labute approximate surface area is 98.8 Å². The Morgan fingerprint density at radius 2 is 2.06 bits per heavy atom. The Hall–Kier alpha value is -1.25. The highest BCUT2D eigenvalue weighted by Gasteiger charge is 2.09. The molecule has 0 aliphatic rings. The molecule has 1 unspecified atom stereocenters. The molecule has 0 amide bonds. The summed E-state index contributed by atoms with van der Waals surface area (Å²) in [5.41, 5.74) is 2.45. The van der Waals surface area contributed by atoms with Crippen LogP contribution in [0.15, 0.2) is 24.0 Å². The van der Waals surface area contributed by atoms with Crippen LogP contribution >= 0.6 is 0 Å². The van der Waals surface area contributed by atoms with Crippen LogP contribution in [-0.2, 0) is 0 Å². The average Bonchev–Trinajstić information content (AvgIpc) is 2.63. The maximum atomic E-state index is 4.43. The Morgan fingerprint density at radius 3 is 2.50 bits per heavy atom. The number of hydrogen-bond acceptors (Lipinski definition) is 2. The van der Waals surface area contributed by atoms with Gasteiger partial charge in [-0.25, -0.2) is 4.68 Å². The first kappa shape index (κ1) is 12.8. The van der Waals surface area contributed by atoms with Gasteiger partial charge in [0.2, 0.25) is 0 Å². The van der Waals surface area contributed by atoms with Crippen LogP contribution in [0.3, 0.4) is 0 Å². The van der Waals surface area contributed by atoms with E-state index in [2.05, 4.69) is 50.9 Å². The topological polar surface area (TPSA) is 21.1 Å². The van der Waals surface area contributed by atoms with E-state index in [4.69, 9.17) is 0 Å². The summed E-state index contributed by atoms with van der Waals surface area (Å²) >= 11 is 0. The molecule has 0 bridgehead atoms. The van der Waals surface area contributed by atoms with Crippen molar-refractivity contribution in [3.8, 4) is 0 Å². The second-order valence-corrected chi connectivity index (χ2v) is 4.76. The molecule has 90 valence electrons. The van der Waals surface area contributed by atoms with Gasteiger partial charge in [0.15, 0.2) is 0 Å². The van der Waals surface area contributed by atoms with E-state index >= 15 is 0 Å². The van der Waals surface area contributed by atoms with Gasteiger partial charge < -0.3 is 4.90 Å². The summed E-state index contributed by atoms with van der Waals surface area (Å²) in [5, 5.41) is 4.43. The van der Waals surface area contributed by atoms with Crippen molar-refractivity contribution in [2.75, 3.05) is 7.05 Å². The van der Waals surface area contributed by atoms with Gasteiger partial charge in [-0.15, -0.1) is 0 Å². The third kappa shape index (κ3) is 3.12. The molecule has 0 radical (unpaired) electrons. The Kier molecular flexibility index (Phi) is 4.16. The van der Waals surface area contributed by atoms with Crippen LogP contribution in [-0.4, -0.2) is 21.7 Å². The predicted octanol–water partition coefficient (Wildman–Crippen LogP) is 3.20. The number of hydrogen-bond donors (Lipinski definition) is 0. The predicted molar refractivity (Wildman–Crippen MR) is 68.0 cm³/mol. The molecule has 1 atom stereocenters. The van der Waals surface area contributed by atoms with E-state index in [9.17, 15) is 0 Å². The van der Waals surface area contributed by atoms with Crippen molar-refractivity contribution in [3.05, 3.63) is 29.7 Å². The monoisotopic (exact) mass is 221 g/mol. The molecule has 1 aromatic heterocycles. The summed E-state index contributed by atoms with van der Waals surface area (Å²) in [7, 11) is 2.09. The summed E-state index contributed by atoms with van der Waals surface area (Å²) in [6, 6.07) is 2.03. The number of aryl methyl sites for hydroxylation is 1. The van der Waals surface area contributed by atoms with Gasteiger partial charge in [-0.1, -0.05) is 19.4 Å². The summed E-state index contributed by atoms with van der Waals surface area (Å²) in [6.45, 7) is 10.8. The molecule has 1 rings (SSSR count). The molecule has 3 nitrogen and oxygen atoms in total. The molecule has 0 saturated carbocycles. The van der Waals surface area contributed by atoms with E-state index in [1.54, 1.807) is 0 Å². The molecular formula is C13H23N3. The molecule has 0 aliphatic carbocycles. The fourth-order valence-corrected chi connectivity index (χ4v) is 1.41. The largest absolute Gasteiger partial charge is 0.359 e. The summed E-state index contributed by atoms with van der Waals surface area (Å²) in [6.07, 6.45) is 4.48. The van der Waals surface area contributed by atoms with Crippen molar-refractivity contribution in [3.63, 3.8) is 0 Å². The van der Waals surface area contributed by atoms with Crippen LogP contribution in [0.1, 0.15) is 39.6 Å². The molecule has 3 heteroatoms. The zero-order chi connectivity index (χ0) is 12.3. The lowest BCUT2D eigenvalue weighted by molar-refractivity contribution is 0.245. The van der Waals surface area contributed by atoms with Gasteiger partial charge in [-0.05, 0) is 39.0 Å². The molecular weight excluding hydrogens is 198 g/mol. The standard InChI is InChI=1S/C13H23N3/c1-10(2)11(3)9-15(6)13(5)16-8-7-12(4)14-16/h7-10,13H,1-6H3/b11-9+. The lowest BCUT2D eigenvalue weighted by Crippen LogP contribution is -2.23. The highest BCUT2D eigenvalue weighted by Crippen LogP contribution is 2.15. The second-order valence-electron chi connectivity index (χ2n) is 4.76.